The van der Waals surface area contributed by atoms with E-state index in [1.54, 1.807) is 22.6 Å². The summed E-state index contributed by atoms with van der Waals surface area (Å²) >= 11 is 1.65. The summed E-state index contributed by atoms with van der Waals surface area (Å²) in [5.41, 5.74) is 0.839. The maximum Gasteiger partial charge on any atom is 0.163 e. The molecule has 7 heteroatoms. The third-order valence-electron chi connectivity index (χ3n) is 2.93. The maximum atomic E-state index is 9.08. The highest BCUT2D eigenvalue weighted by Crippen LogP contribution is 2.22. The van der Waals surface area contributed by atoms with Crippen LogP contribution in [0.2, 0.25) is 0 Å². The van der Waals surface area contributed by atoms with Gasteiger partial charge in [0.1, 0.15) is 11.6 Å². The lowest BCUT2D eigenvalue weighted by molar-refractivity contribution is 0.300. The Morgan fingerprint density at radius 2 is 2.25 bits per heavy atom. The van der Waals surface area contributed by atoms with Gasteiger partial charge >= 0.3 is 0 Å². The fraction of sp³-hybridized carbons (Fsp3) is 0.615. The molecule has 0 bridgehead atoms. The zero-order valence-corrected chi connectivity index (χ0v) is 12.9. The average Bonchev–Trinajstić information content (AvgIpc) is 2.84. The minimum Gasteiger partial charge on any atom is -0.395 e. The van der Waals surface area contributed by atoms with E-state index in [0.29, 0.717) is 5.75 Å². The Bertz CT molecular complexity index is 571. The number of aromatic nitrogens is 4. The minimum atomic E-state index is 0.166. The third-order valence-corrected chi connectivity index (χ3v) is 4.08. The van der Waals surface area contributed by atoms with E-state index >= 15 is 0 Å². The molecule has 0 aliphatic heterocycles. The smallest absolute Gasteiger partial charge is 0.163 e. The highest BCUT2D eigenvalue weighted by Gasteiger charge is 2.12. The van der Waals surface area contributed by atoms with E-state index < -0.39 is 0 Å². The molecule has 6 nitrogen and oxygen atoms in total. The first-order chi connectivity index (χ1) is 9.65. The van der Waals surface area contributed by atoms with Gasteiger partial charge in [-0.1, -0.05) is 13.8 Å². The van der Waals surface area contributed by atoms with Crippen LogP contribution in [0.1, 0.15) is 26.1 Å². The van der Waals surface area contributed by atoms with Crippen LogP contribution in [0.3, 0.4) is 0 Å². The van der Waals surface area contributed by atoms with Crippen LogP contribution < -0.4 is 5.32 Å². The molecule has 2 aromatic rings. The summed E-state index contributed by atoms with van der Waals surface area (Å²) in [4.78, 5) is 9.14. The number of aryl methyl sites for hydroxylation is 1. The molecule has 0 radical (unpaired) electrons. The van der Waals surface area contributed by atoms with Crippen molar-refractivity contribution in [3.8, 4) is 0 Å². The molecule has 0 saturated carbocycles. The van der Waals surface area contributed by atoms with Crippen molar-refractivity contribution in [3.63, 3.8) is 0 Å². The van der Waals surface area contributed by atoms with Crippen LogP contribution in [0.4, 0.5) is 5.82 Å². The van der Waals surface area contributed by atoms with Gasteiger partial charge in [-0.25, -0.2) is 9.97 Å². The van der Waals surface area contributed by atoms with E-state index in [2.05, 4.69) is 27.3 Å². The second kappa shape index (κ2) is 6.90. The number of nitrogens with zero attached hydrogens (tertiary/aromatic N) is 4. The predicted octanol–water partition coefficient (Wildman–Crippen LogP) is 1.80. The number of hydrogen-bond donors (Lipinski definition) is 2. The van der Waals surface area contributed by atoms with Crippen molar-refractivity contribution in [3.05, 3.63) is 12.0 Å². The zero-order valence-electron chi connectivity index (χ0n) is 12.1. The second-order valence-corrected chi connectivity index (χ2v) is 6.15. The molecule has 0 aromatic carbocycles. The van der Waals surface area contributed by atoms with Gasteiger partial charge in [0, 0.05) is 18.8 Å². The van der Waals surface area contributed by atoms with Gasteiger partial charge in [-0.05, 0) is 6.42 Å². The first kappa shape index (κ1) is 15.1. The topological polar surface area (TPSA) is 75.9 Å². The maximum absolute atomic E-state index is 9.08. The van der Waals surface area contributed by atoms with Crippen LogP contribution in [0, 0.1) is 0 Å². The Hall–Kier alpha value is -1.34. The van der Waals surface area contributed by atoms with Crippen molar-refractivity contribution in [2.24, 2.45) is 7.05 Å². The van der Waals surface area contributed by atoms with Crippen LogP contribution >= 0.6 is 11.8 Å². The lowest BCUT2D eigenvalue weighted by Gasteiger charge is -2.10. The standard InChI is InChI=1S/C13H21N5OS/c1-4-5-14-12-10-6-15-18(3)13(10)17-11(16-12)8-20-9(2)7-19/h6,9,19H,4-5,7-8H2,1-3H3,(H,14,16,17). The molecule has 2 rings (SSSR count). The normalized spacial score (nSPS) is 12.8. The zero-order chi connectivity index (χ0) is 14.5. The van der Waals surface area contributed by atoms with Crippen molar-refractivity contribution >= 4 is 28.6 Å². The molecular formula is C13H21N5OS. The second-order valence-electron chi connectivity index (χ2n) is 4.72. The lowest BCUT2D eigenvalue weighted by Crippen LogP contribution is -2.08. The summed E-state index contributed by atoms with van der Waals surface area (Å²) < 4.78 is 1.76. The molecule has 1 unspecified atom stereocenters. The molecule has 1 atom stereocenters. The predicted molar refractivity (Wildman–Crippen MR) is 82.9 cm³/mol. The highest BCUT2D eigenvalue weighted by molar-refractivity contribution is 7.99. The number of aliphatic hydroxyl groups excluding tert-OH is 1. The Balaban J connectivity index is 2.28. The lowest BCUT2D eigenvalue weighted by atomic mass is 10.3. The first-order valence-corrected chi connectivity index (χ1v) is 7.85. The number of hydrogen-bond acceptors (Lipinski definition) is 6. The minimum absolute atomic E-state index is 0.166. The van der Waals surface area contributed by atoms with Gasteiger partial charge in [0.15, 0.2) is 5.65 Å². The fourth-order valence-corrected chi connectivity index (χ4v) is 2.45. The molecule has 20 heavy (non-hydrogen) atoms. The van der Waals surface area contributed by atoms with E-state index in [0.717, 1.165) is 35.6 Å². The van der Waals surface area contributed by atoms with Crippen molar-refractivity contribution in [2.45, 2.75) is 31.3 Å². The Kier molecular flexibility index (Phi) is 5.19. The van der Waals surface area contributed by atoms with E-state index in [-0.39, 0.29) is 11.9 Å². The molecular weight excluding hydrogens is 274 g/mol. The van der Waals surface area contributed by atoms with Crippen LogP contribution in [-0.2, 0) is 12.8 Å². The third kappa shape index (κ3) is 3.40. The van der Waals surface area contributed by atoms with Crippen molar-refractivity contribution < 1.29 is 5.11 Å². The number of rotatable bonds is 7. The molecule has 0 aliphatic carbocycles. The summed E-state index contributed by atoms with van der Waals surface area (Å²) in [5.74, 6) is 2.30. The number of anilines is 1. The number of thioether (sulfide) groups is 1. The van der Waals surface area contributed by atoms with E-state index in [1.807, 2.05) is 14.0 Å². The van der Waals surface area contributed by atoms with Crippen LogP contribution in [-0.4, -0.2) is 43.3 Å². The van der Waals surface area contributed by atoms with Crippen LogP contribution in [0.15, 0.2) is 6.20 Å². The summed E-state index contributed by atoms with van der Waals surface area (Å²) in [6.07, 6.45) is 2.83. The molecule has 0 spiro atoms. The SMILES string of the molecule is CCCNc1nc(CSC(C)CO)nc2c1cnn2C. The van der Waals surface area contributed by atoms with Crippen molar-refractivity contribution in [1.29, 1.82) is 0 Å². The molecule has 0 amide bonds. The van der Waals surface area contributed by atoms with Crippen molar-refractivity contribution in [1.82, 2.24) is 19.7 Å². The number of nitrogens with one attached hydrogen (secondary N) is 1. The Labute approximate surface area is 123 Å². The molecule has 2 heterocycles. The molecule has 0 saturated heterocycles. The molecule has 110 valence electrons. The van der Waals surface area contributed by atoms with Gasteiger partial charge in [-0.15, -0.1) is 11.8 Å². The van der Waals surface area contributed by atoms with Crippen molar-refractivity contribution in [2.75, 3.05) is 18.5 Å². The van der Waals surface area contributed by atoms with Gasteiger partial charge in [0.05, 0.1) is 23.9 Å². The first-order valence-electron chi connectivity index (χ1n) is 6.80. The number of aliphatic hydroxyl groups is 1. The summed E-state index contributed by atoms with van der Waals surface area (Å²) in [6.45, 7) is 5.15. The molecule has 0 aliphatic rings. The van der Waals surface area contributed by atoms with Gasteiger partial charge in [-0.2, -0.15) is 5.10 Å². The molecule has 2 aromatic heterocycles. The van der Waals surface area contributed by atoms with Gasteiger partial charge in [-0.3, -0.25) is 4.68 Å². The quantitative estimate of drug-likeness (QED) is 0.811. The summed E-state index contributed by atoms with van der Waals surface area (Å²) in [6, 6.07) is 0. The van der Waals surface area contributed by atoms with Gasteiger partial charge in [0.2, 0.25) is 0 Å². The number of fused-ring (bicyclic) bond motifs is 1. The van der Waals surface area contributed by atoms with E-state index in [9.17, 15) is 0 Å². The van der Waals surface area contributed by atoms with Crippen LogP contribution in [0.5, 0.6) is 0 Å². The monoisotopic (exact) mass is 295 g/mol. The van der Waals surface area contributed by atoms with E-state index in [1.165, 1.54) is 0 Å². The highest BCUT2D eigenvalue weighted by atomic mass is 32.2. The average molecular weight is 295 g/mol. The Morgan fingerprint density at radius 1 is 1.45 bits per heavy atom. The van der Waals surface area contributed by atoms with E-state index in [4.69, 9.17) is 5.11 Å². The Morgan fingerprint density at radius 3 is 2.95 bits per heavy atom. The fourth-order valence-electron chi connectivity index (χ4n) is 1.78. The van der Waals surface area contributed by atoms with Crippen LogP contribution in [0.25, 0.3) is 11.0 Å². The summed E-state index contributed by atoms with van der Waals surface area (Å²) in [5, 5.41) is 17.8. The largest absolute Gasteiger partial charge is 0.395 e. The van der Waals surface area contributed by atoms with Gasteiger partial charge in [0.25, 0.3) is 0 Å². The summed E-state index contributed by atoms with van der Waals surface area (Å²) in [7, 11) is 1.88. The van der Waals surface area contributed by atoms with Gasteiger partial charge < -0.3 is 10.4 Å². The molecule has 2 N–H and O–H groups in total. The molecule has 0 fully saturated rings.